The lowest BCUT2D eigenvalue weighted by molar-refractivity contribution is 0.281. The molecule has 2 atom stereocenters. The SMILES string of the molecule is COc1cccc2c1CCC2C[C@H]1CCCN1C. The molecular formula is C16H23NO. The number of benzene rings is 1. The van der Waals surface area contributed by atoms with Gasteiger partial charge in [-0.15, -0.1) is 0 Å². The summed E-state index contributed by atoms with van der Waals surface area (Å²) in [4.78, 5) is 2.54. The standard InChI is InChI=1S/C16H23NO/c1-17-10-4-5-13(17)11-12-8-9-15-14(12)6-3-7-16(15)18-2/h3,6-7,12-13H,4-5,8-11H2,1-2H3/t12?,13-/m1/s1. The van der Waals surface area contributed by atoms with E-state index in [-0.39, 0.29) is 0 Å². The summed E-state index contributed by atoms with van der Waals surface area (Å²) in [6.07, 6.45) is 6.59. The van der Waals surface area contributed by atoms with Gasteiger partial charge in [0.1, 0.15) is 5.75 Å². The summed E-state index contributed by atoms with van der Waals surface area (Å²) in [5.74, 6) is 1.84. The van der Waals surface area contributed by atoms with E-state index in [2.05, 4.69) is 30.1 Å². The van der Waals surface area contributed by atoms with Gasteiger partial charge in [0.2, 0.25) is 0 Å². The minimum absolute atomic E-state index is 0.751. The lowest BCUT2D eigenvalue weighted by Crippen LogP contribution is -2.26. The molecule has 18 heavy (non-hydrogen) atoms. The molecule has 1 aliphatic heterocycles. The van der Waals surface area contributed by atoms with Crippen LogP contribution in [-0.2, 0) is 6.42 Å². The quantitative estimate of drug-likeness (QED) is 0.811. The van der Waals surface area contributed by atoms with Crippen molar-refractivity contribution in [2.24, 2.45) is 0 Å². The van der Waals surface area contributed by atoms with Crippen LogP contribution in [0.3, 0.4) is 0 Å². The predicted octanol–water partition coefficient (Wildman–Crippen LogP) is 3.21. The minimum Gasteiger partial charge on any atom is -0.496 e. The smallest absolute Gasteiger partial charge is 0.122 e. The molecule has 0 spiro atoms. The number of fused-ring (bicyclic) bond motifs is 1. The Morgan fingerprint density at radius 2 is 2.22 bits per heavy atom. The van der Waals surface area contributed by atoms with Crippen LogP contribution in [0.4, 0.5) is 0 Å². The average molecular weight is 245 g/mol. The highest BCUT2D eigenvalue weighted by Crippen LogP contribution is 2.41. The molecule has 1 aromatic carbocycles. The molecule has 0 bridgehead atoms. The first-order valence-electron chi connectivity index (χ1n) is 7.15. The van der Waals surface area contributed by atoms with Crippen LogP contribution >= 0.6 is 0 Å². The van der Waals surface area contributed by atoms with Crippen LogP contribution in [0.5, 0.6) is 5.75 Å². The second-order valence-electron chi connectivity index (χ2n) is 5.78. The van der Waals surface area contributed by atoms with E-state index in [4.69, 9.17) is 4.74 Å². The molecule has 0 aromatic heterocycles. The second kappa shape index (κ2) is 4.93. The lowest BCUT2D eigenvalue weighted by Gasteiger charge is -2.23. The summed E-state index contributed by atoms with van der Waals surface area (Å²) in [5, 5.41) is 0. The molecule has 2 heteroatoms. The van der Waals surface area contributed by atoms with Crippen molar-refractivity contribution >= 4 is 0 Å². The van der Waals surface area contributed by atoms with Crippen LogP contribution in [0.1, 0.15) is 42.7 Å². The van der Waals surface area contributed by atoms with E-state index in [1.165, 1.54) is 44.2 Å². The molecular weight excluding hydrogens is 222 g/mol. The zero-order chi connectivity index (χ0) is 12.5. The molecule has 1 aromatic rings. The number of rotatable bonds is 3. The number of methoxy groups -OCH3 is 1. The molecule has 1 aliphatic carbocycles. The maximum Gasteiger partial charge on any atom is 0.122 e. The van der Waals surface area contributed by atoms with Crippen molar-refractivity contribution in [1.29, 1.82) is 0 Å². The van der Waals surface area contributed by atoms with Gasteiger partial charge in [-0.2, -0.15) is 0 Å². The maximum atomic E-state index is 5.49. The van der Waals surface area contributed by atoms with Crippen LogP contribution in [0.15, 0.2) is 18.2 Å². The summed E-state index contributed by atoms with van der Waals surface area (Å²) in [7, 11) is 4.06. The third kappa shape index (κ3) is 2.03. The van der Waals surface area contributed by atoms with Gasteiger partial charge in [-0.1, -0.05) is 12.1 Å². The molecule has 2 nitrogen and oxygen atoms in total. The molecule has 2 aliphatic rings. The maximum absolute atomic E-state index is 5.49. The Bertz CT molecular complexity index is 429. The molecule has 1 heterocycles. The number of hydrogen-bond acceptors (Lipinski definition) is 2. The van der Waals surface area contributed by atoms with Gasteiger partial charge < -0.3 is 9.64 Å². The highest BCUT2D eigenvalue weighted by Gasteiger charge is 2.30. The zero-order valence-electron chi connectivity index (χ0n) is 11.5. The minimum atomic E-state index is 0.751. The van der Waals surface area contributed by atoms with Gasteiger partial charge >= 0.3 is 0 Å². The predicted molar refractivity (Wildman–Crippen MR) is 74.3 cm³/mol. The Kier molecular flexibility index (Phi) is 3.29. The van der Waals surface area contributed by atoms with Gasteiger partial charge in [0.15, 0.2) is 0 Å². The van der Waals surface area contributed by atoms with Gasteiger partial charge in [-0.3, -0.25) is 0 Å². The number of nitrogens with zero attached hydrogens (tertiary/aromatic N) is 1. The van der Waals surface area contributed by atoms with Crippen LogP contribution in [0.2, 0.25) is 0 Å². The molecule has 1 unspecified atom stereocenters. The third-order valence-electron chi connectivity index (χ3n) is 4.80. The van der Waals surface area contributed by atoms with Crippen molar-refractivity contribution in [1.82, 2.24) is 4.90 Å². The van der Waals surface area contributed by atoms with Gasteiger partial charge in [0, 0.05) is 6.04 Å². The zero-order valence-corrected chi connectivity index (χ0v) is 11.5. The first-order chi connectivity index (χ1) is 8.79. The van der Waals surface area contributed by atoms with Crippen molar-refractivity contribution in [3.63, 3.8) is 0 Å². The van der Waals surface area contributed by atoms with Crippen molar-refractivity contribution in [3.05, 3.63) is 29.3 Å². The summed E-state index contributed by atoms with van der Waals surface area (Å²) in [5.41, 5.74) is 3.01. The molecule has 1 saturated heterocycles. The summed E-state index contributed by atoms with van der Waals surface area (Å²) in [6, 6.07) is 7.36. The van der Waals surface area contributed by atoms with Crippen LogP contribution < -0.4 is 4.74 Å². The van der Waals surface area contributed by atoms with Gasteiger partial charge in [0.25, 0.3) is 0 Å². The van der Waals surface area contributed by atoms with Gasteiger partial charge in [-0.05, 0) is 68.8 Å². The first-order valence-corrected chi connectivity index (χ1v) is 7.15. The highest BCUT2D eigenvalue weighted by atomic mass is 16.5. The van der Waals surface area contributed by atoms with Crippen molar-refractivity contribution < 1.29 is 4.74 Å². The topological polar surface area (TPSA) is 12.5 Å². The third-order valence-corrected chi connectivity index (χ3v) is 4.80. The molecule has 1 fully saturated rings. The average Bonchev–Trinajstić information content (AvgIpc) is 2.97. The fourth-order valence-electron chi connectivity index (χ4n) is 3.75. The first kappa shape index (κ1) is 12.0. The molecule has 98 valence electrons. The normalized spacial score (nSPS) is 27.4. The summed E-state index contributed by atoms with van der Waals surface area (Å²) < 4.78 is 5.49. The van der Waals surface area contributed by atoms with Crippen LogP contribution in [-0.4, -0.2) is 31.6 Å². The van der Waals surface area contributed by atoms with E-state index in [9.17, 15) is 0 Å². The van der Waals surface area contributed by atoms with E-state index in [0.29, 0.717) is 0 Å². The molecule has 0 N–H and O–H groups in total. The number of likely N-dealkylation sites (tertiary alicyclic amines) is 1. The van der Waals surface area contributed by atoms with E-state index in [1.807, 2.05) is 0 Å². The van der Waals surface area contributed by atoms with Crippen LogP contribution in [0.25, 0.3) is 0 Å². The molecule has 0 saturated carbocycles. The monoisotopic (exact) mass is 245 g/mol. The fourth-order valence-corrected chi connectivity index (χ4v) is 3.75. The molecule has 3 rings (SSSR count). The number of hydrogen-bond donors (Lipinski definition) is 0. The van der Waals surface area contributed by atoms with E-state index >= 15 is 0 Å². The lowest BCUT2D eigenvalue weighted by atomic mass is 9.93. The van der Waals surface area contributed by atoms with E-state index < -0.39 is 0 Å². The Morgan fingerprint density at radius 1 is 1.33 bits per heavy atom. The number of ether oxygens (including phenoxy) is 1. The molecule has 0 radical (unpaired) electrons. The summed E-state index contributed by atoms with van der Waals surface area (Å²) >= 11 is 0. The Hall–Kier alpha value is -1.02. The van der Waals surface area contributed by atoms with Crippen molar-refractivity contribution in [3.8, 4) is 5.75 Å². The summed E-state index contributed by atoms with van der Waals surface area (Å²) in [6.45, 7) is 1.28. The molecule has 0 amide bonds. The van der Waals surface area contributed by atoms with Crippen molar-refractivity contribution in [2.45, 2.75) is 44.1 Å². The van der Waals surface area contributed by atoms with Gasteiger partial charge in [-0.25, -0.2) is 0 Å². The highest BCUT2D eigenvalue weighted by molar-refractivity contribution is 5.45. The largest absolute Gasteiger partial charge is 0.496 e. The Labute approximate surface area is 110 Å². The van der Waals surface area contributed by atoms with E-state index in [0.717, 1.165) is 17.7 Å². The second-order valence-corrected chi connectivity index (χ2v) is 5.78. The van der Waals surface area contributed by atoms with Crippen molar-refractivity contribution in [2.75, 3.05) is 20.7 Å². The Morgan fingerprint density at radius 3 is 2.94 bits per heavy atom. The van der Waals surface area contributed by atoms with E-state index in [1.54, 1.807) is 12.7 Å². The Balaban J connectivity index is 1.78. The van der Waals surface area contributed by atoms with Crippen LogP contribution in [0, 0.1) is 0 Å². The van der Waals surface area contributed by atoms with Gasteiger partial charge in [0.05, 0.1) is 7.11 Å². The fraction of sp³-hybridized carbons (Fsp3) is 0.625.